The summed E-state index contributed by atoms with van der Waals surface area (Å²) in [6.07, 6.45) is 8.10. The molecule has 2 rings (SSSR count). The molecular formula is C11H18O3S. The smallest absolute Gasteiger partial charge is 0.156 e. The first-order valence-electron chi connectivity index (χ1n) is 5.69. The zero-order chi connectivity index (χ0) is 10.7. The average molecular weight is 230 g/mol. The third-order valence-electron chi connectivity index (χ3n) is 3.24. The van der Waals surface area contributed by atoms with Gasteiger partial charge in [-0.25, -0.2) is 8.42 Å². The van der Waals surface area contributed by atoms with E-state index in [9.17, 15) is 8.42 Å². The molecule has 0 aromatic carbocycles. The van der Waals surface area contributed by atoms with E-state index < -0.39 is 9.84 Å². The van der Waals surface area contributed by atoms with Gasteiger partial charge in [0.05, 0.1) is 17.3 Å². The molecule has 1 saturated carbocycles. The van der Waals surface area contributed by atoms with Gasteiger partial charge in [-0.05, 0) is 44.1 Å². The van der Waals surface area contributed by atoms with Gasteiger partial charge in [0.15, 0.2) is 9.84 Å². The zero-order valence-electron chi connectivity index (χ0n) is 8.94. The summed E-state index contributed by atoms with van der Waals surface area (Å²) < 4.78 is 28.4. The van der Waals surface area contributed by atoms with Gasteiger partial charge in [-0.15, -0.1) is 0 Å². The van der Waals surface area contributed by atoms with Gasteiger partial charge in [-0.3, -0.25) is 0 Å². The lowest BCUT2D eigenvalue weighted by molar-refractivity contribution is 0.242. The van der Waals surface area contributed by atoms with E-state index >= 15 is 0 Å². The van der Waals surface area contributed by atoms with Crippen LogP contribution in [0, 0.1) is 0 Å². The second kappa shape index (κ2) is 4.56. The summed E-state index contributed by atoms with van der Waals surface area (Å²) in [6.45, 7) is 0.353. The van der Waals surface area contributed by atoms with Gasteiger partial charge >= 0.3 is 0 Å². The van der Waals surface area contributed by atoms with E-state index in [0.29, 0.717) is 12.4 Å². The van der Waals surface area contributed by atoms with Gasteiger partial charge in [0, 0.05) is 0 Å². The first-order valence-corrected chi connectivity index (χ1v) is 7.41. The van der Waals surface area contributed by atoms with Crippen molar-refractivity contribution in [2.45, 2.75) is 43.8 Å². The van der Waals surface area contributed by atoms with Crippen LogP contribution < -0.4 is 0 Å². The number of hydrogen-bond donors (Lipinski definition) is 0. The van der Waals surface area contributed by atoms with Crippen LogP contribution in [-0.4, -0.2) is 26.0 Å². The monoisotopic (exact) mass is 230 g/mol. The van der Waals surface area contributed by atoms with Gasteiger partial charge in [0.1, 0.15) is 6.61 Å². The van der Waals surface area contributed by atoms with Crippen molar-refractivity contribution >= 4 is 9.84 Å². The van der Waals surface area contributed by atoms with E-state index in [4.69, 9.17) is 4.74 Å². The highest BCUT2D eigenvalue weighted by atomic mass is 32.2. The van der Waals surface area contributed by atoms with Crippen LogP contribution in [0.3, 0.4) is 0 Å². The molecule has 0 aromatic rings. The van der Waals surface area contributed by atoms with E-state index in [1.54, 1.807) is 6.26 Å². The molecule has 1 aliphatic carbocycles. The molecule has 86 valence electrons. The molecule has 0 amide bonds. The van der Waals surface area contributed by atoms with Crippen LogP contribution in [0.1, 0.15) is 38.5 Å². The van der Waals surface area contributed by atoms with Crippen molar-refractivity contribution in [3.63, 3.8) is 0 Å². The minimum atomic E-state index is -2.84. The lowest BCUT2D eigenvalue weighted by atomic mass is 10.2. The van der Waals surface area contributed by atoms with Crippen molar-refractivity contribution in [3.8, 4) is 0 Å². The molecule has 0 bridgehead atoms. The summed E-state index contributed by atoms with van der Waals surface area (Å²) in [4.78, 5) is 0. The molecule has 0 radical (unpaired) electrons. The minimum absolute atomic E-state index is 0.254. The highest BCUT2D eigenvalue weighted by molar-refractivity contribution is 7.92. The van der Waals surface area contributed by atoms with Crippen LogP contribution >= 0.6 is 0 Å². The van der Waals surface area contributed by atoms with E-state index in [1.165, 1.54) is 18.4 Å². The van der Waals surface area contributed by atoms with Crippen molar-refractivity contribution in [1.29, 1.82) is 0 Å². The lowest BCUT2D eigenvalue weighted by Crippen LogP contribution is -2.20. The molecule has 2 aliphatic rings. The number of sulfone groups is 1. The number of hydrogen-bond acceptors (Lipinski definition) is 3. The number of ether oxygens (including phenoxy) is 1. The Bertz CT molecular complexity index is 335. The summed E-state index contributed by atoms with van der Waals surface area (Å²) in [5.74, 6) is 0.345. The fraction of sp³-hybridized carbons (Fsp3) is 0.818. The van der Waals surface area contributed by atoms with E-state index in [2.05, 4.69) is 0 Å². The maximum atomic E-state index is 11.5. The first kappa shape index (κ1) is 11.0. The quantitative estimate of drug-likeness (QED) is 0.697. The highest BCUT2D eigenvalue weighted by Crippen LogP contribution is 2.24. The van der Waals surface area contributed by atoms with Crippen molar-refractivity contribution in [2.75, 3.05) is 12.4 Å². The van der Waals surface area contributed by atoms with Gasteiger partial charge in [0.25, 0.3) is 0 Å². The second-order valence-corrected chi connectivity index (χ2v) is 6.85. The Labute approximate surface area is 91.4 Å². The molecule has 1 aliphatic heterocycles. The van der Waals surface area contributed by atoms with Gasteiger partial charge in [0.2, 0.25) is 0 Å². The fourth-order valence-corrected chi connectivity index (χ4v) is 3.98. The first-order chi connectivity index (χ1) is 7.18. The summed E-state index contributed by atoms with van der Waals surface area (Å²) in [6, 6.07) is 0. The SMILES string of the molecule is O=S1(=O)CCCC1COC=C1CCCC1. The molecule has 2 fully saturated rings. The maximum Gasteiger partial charge on any atom is 0.156 e. The minimum Gasteiger partial charge on any atom is -0.500 e. The molecule has 15 heavy (non-hydrogen) atoms. The summed E-state index contributed by atoms with van der Waals surface area (Å²) in [5.41, 5.74) is 1.34. The Balaban J connectivity index is 1.81. The Morgan fingerprint density at radius 2 is 2.00 bits per heavy atom. The highest BCUT2D eigenvalue weighted by Gasteiger charge is 2.31. The lowest BCUT2D eigenvalue weighted by Gasteiger charge is -2.08. The van der Waals surface area contributed by atoms with Gasteiger partial charge < -0.3 is 4.74 Å². The summed E-state index contributed by atoms with van der Waals surface area (Å²) in [7, 11) is -2.84. The standard InChI is InChI=1S/C11H18O3S/c12-15(13)7-3-6-11(15)9-14-8-10-4-1-2-5-10/h8,11H,1-7,9H2. The summed E-state index contributed by atoms with van der Waals surface area (Å²) >= 11 is 0. The van der Waals surface area contributed by atoms with Gasteiger partial charge in [-0.2, -0.15) is 0 Å². The normalized spacial score (nSPS) is 29.3. The van der Waals surface area contributed by atoms with Crippen molar-refractivity contribution in [1.82, 2.24) is 0 Å². The van der Waals surface area contributed by atoms with Crippen molar-refractivity contribution < 1.29 is 13.2 Å². The fourth-order valence-electron chi connectivity index (χ4n) is 2.27. The van der Waals surface area contributed by atoms with Crippen LogP contribution in [-0.2, 0) is 14.6 Å². The Hall–Kier alpha value is -0.510. The van der Waals surface area contributed by atoms with Crippen LogP contribution in [0.2, 0.25) is 0 Å². The van der Waals surface area contributed by atoms with E-state index in [1.807, 2.05) is 0 Å². The Morgan fingerprint density at radius 3 is 2.60 bits per heavy atom. The number of rotatable bonds is 3. The van der Waals surface area contributed by atoms with Crippen LogP contribution in [0.5, 0.6) is 0 Å². The summed E-state index contributed by atoms with van der Waals surface area (Å²) in [5, 5.41) is -0.254. The van der Waals surface area contributed by atoms with Crippen molar-refractivity contribution in [2.24, 2.45) is 0 Å². The molecular weight excluding hydrogens is 212 g/mol. The second-order valence-electron chi connectivity index (χ2n) is 4.45. The zero-order valence-corrected chi connectivity index (χ0v) is 9.76. The largest absolute Gasteiger partial charge is 0.500 e. The van der Waals surface area contributed by atoms with Crippen LogP contribution in [0.25, 0.3) is 0 Å². The third kappa shape index (κ3) is 2.74. The number of allylic oxidation sites excluding steroid dienone is 1. The third-order valence-corrected chi connectivity index (χ3v) is 5.49. The maximum absolute atomic E-state index is 11.5. The predicted molar refractivity (Wildman–Crippen MR) is 59.3 cm³/mol. The van der Waals surface area contributed by atoms with Crippen LogP contribution in [0.4, 0.5) is 0 Å². The van der Waals surface area contributed by atoms with E-state index in [-0.39, 0.29) is 5.25 Å². The topological polar surface area (TPSA) is 43.4 Å². The molecule has 3 nitrogen and oxygen atoms in total. The molecule has 1 unspecified atom stereocenters. The van der Waals surface area contributed by atoms with Crippen LogP contribution in [0.15, 0.2) is 11.8 Å². The molecule has 0 N–H and O–H groups in total. The predicted octanol–water partition coefficient (Wildman–Crippen LogP) is 2.04. The molecule has 0 spiro atoms. The molecule has 1 atom stereocenters. The molecule has 1 saturated heterocycles. The molecule has 1 heterocycles. The Morgan fingerprint density at radius 1 is 1.27 bits per heavy atom. The van der Waals surface area contributed by atoms with E-state index in [0.717, 1.165) is 25.7 Å². The Kier molecular flexibility index (Phi) is 3.34. The molecule has 0 aromatic heterocycles. The van der Waals surface area contributed by atoms with Crippen molar-refractivity contribution in [3.05, 3.63) is 11.8 Å². The molecule has 4 heteroatoms. The average Bonchev–Trinajstić information content (AvgIpc) is 2.77. The van der Waals surface area contributed by atoms with Gasteiger partial charge in [-0.1, -0.05) is 0 Å².